The summed E-state index contributed by atoms with van der Waals surface area (Å²) in [5.41, 5.74) is 1.39. The first-order valence-corrected chi connectivity index (χ1v) is 7.16. The fourth-order valence-corrected chi connectivity index (χ4v) is 2.49. The second-order valence-electron chi connectivity index (χ2n) is 5.42. The first kappa shape index (κ1) is 13.9. The van der Waals surface area contributed by atoms with Gasteiger partial charge in [0, 0.05) is 17.9 Å². The predicted molar refractivity (Wildman–Crippen MR) is 77.8 cm³/mol. The van der Waals surface area contributed by atoms with Crippen LogP contribution in [0.15, 0.2) is 53.1 Å². The van der Waals surface area contributed by atoms with Crippen LogP contribution in [-0.2, 0) is 6.54 Å². The van der Waals surface area contributed by atoms with E-state index in [-0.39, 0.29) is 0 Å². The minimum Gasteiger partial charge on any atom is -0.469 e. The Balaban J connectivity index is 1.77. The standard InChI is InChI=1S/C17H23NO/c1-14(2)16(17-9-6-12-19-17)10-11-18-13-15-7-4-3-5-8-15/h3-9,12,14,16,18H,10-11,13H2,1-2H3/p+1/t16-/m1/s1. The summed E-state index contributed by atoms with van der Waals surface area (Å²) >= 11 is 0. The Bertz CT molecular complexity index is 447. The van der Waals surface area contributed by atoms with E-state index in [4.69, 9.17) is 4.42 Å². The summed E-state index contributed by atoms with van der Waals surface area (Å²) in [5, 5.41) is 2.38. The molecule has 1 aromatic carbocycles. The number of furan rings is 1. The van der Waals surface area contributed by atoms with Crippen molar-refractivity contribution >= 4 is 0 Å². The van der Waals surface area contributed by atoms with Crippen LogP contribution >= 0.6 is 0 Å². The third kappa shape index (κ3) is 4.25. The van der Waals surface area contributed by atoms with Crippen LogP contribution in [0, 0.1) is 5.92 Å². The Morgan fingerprint density at radius 1 is 1.05 bits per heavy atom. The van der Waals surface area contributed by atoms with Crippen molar-refractivity contribution in [1.29, 1.82) is 0 Å². The molecule has 0 fully saturated rings. The van der Waals surface area contributed by atoms with Crippen molar-refractivity contribution < 1.29 is 9.73 Å². The smallest absolute Gasteiger partial charge is 0.107 e. The highest BCUT2D eigenvalue weighted by Crippen LogP contribution is 2.27. The summed E-state index contributed by atoms with van der Waals surface area (Å²) in [5.74, 6) is 2.28. The zero-order chi connectivity index (χ0) is 13.5. The minimum absolute atomic E-state index is 0.530. The Hall–Kier alpha value is -1.54. The van der Waals surface area contributed by atoms with Gasteiger partial charge in [0.1, 0.15) is 12.3 Å². The maximum atomic E-state index is 5.56. The maximum absolute atomic E-state index is 5.56. The second kappa shape index (κ2) is 7.15. The number of hydrogen-bond donors (Lipinski definition) is 1. The number of benzene rings is 1. The molecule has 19 heavy (non-hydrogen) atoms. The molecule has 0 aliphatic rings. The molecule has 1 heterocycles. The highest BCUT2D eigenvalue weighted by atomic mass is 16.3. The quantitative estimate of drug-likeness (QED) is 0.760. The highest BCUT2D eigenvalue weighted by molar-refractivity contribution is 5.13. The molecule has 2 N–H and O–H groups in total. The van der Waals surface area contributed by atoms with Gasteiger partial charge in [0.25, 0.3) is 0 Å². The first-order chi connectivity index (χ1) is 9.27. The average Bonchev–Trinajstić information content (AvgIpc) is 2.93. The molecule has 1 atom stereocenters. The van der Waals surface area contributed by atoms with Crippen molar-refractivity contribution in [3.63, 3.8) is 0 Å². The van der Waals surface area contributed by atoms with Gasteiger partial charge in [-0.1, -0.05) is 44.2 Å². The van der Waals surface area contributed by atoms with Crippen molar-refractivity contribution in [1.82, 2.24) is 0 Å². The van der Waals surface area contributed by atoms with Crippen LogP contribution in [0.4, 0.5) is 0 Å². The van der Waals surface area contributed by atoms with E-state index in [0.717, 1.165) is 25.3 Å². The van der Waals surface area contributed by atoms with E-state index in [1.54, 1.807) is 6.26 Å². The van der Waals surface area contributed by atoms with Crippen LogP contribution in [0.5, 0.6) is 0 Å². The molecular formula is C17H24NO+. The molecule has 0 saturated carbocycles. The van der Waals surface area contributed by atoms with Crippen molar-refractivity contribution in [2.45, 2.75) is 32.7 Å². The summed E-state index contributed by atoms with van der Waals surface area (Å²) in [6, 6.07) is 14.7. The van der Waals surface area contributed by atoms with E-state index >= 15 is 0 Å². The molecule has 2 nitrogen and oxygen atoms in total. The number of rotatable bonds is 7. The summed E-state index contributed by atoms with van der Waals surface area (Å²) in [4.78, 5) is 0. The van der Waals surface area contributed by atoms with E-state index in [0.29, 0.717) is 11.8 Å². The lowest BCUT2D eigenvalue weighted by molar-refractivity contribution is -0.671. The van der Waals surface area contributed by atoms with Gasteiger partial charge in [-0.05, 0) is 18.1 Å². The molecule has 0 unspecified atom stereocenters. The van der Waals surface area contributed by atoms with Crippen molar-refractivity contribution in [3.05, 3.63) is 60.1 Å². The van der Waals surface area contributed by atoms with Crippen LogP contribution in [0.25, 0.3) is 0 Å². The van der Waals surface area contributed by atoms with Gasteiger partial charge in [0.2, 0.25) is 0 Å². The summed E-state index contributed by atoms with van der Waals surface area (Å²) in [7, 11) is 0. The van der Waals surface area contributed by atoms with Crippen LogP contribution in [-0.4, -0.2) is 6.54 Å². The SMILES string of the molecule is CC(C)[C@@H](CC[NH2+]Cc1ccccc1)c1ccco1. The van der Waals surface area contributed by atoms with Gasteiger partial charge in [-0.3, -0.25) is 0 Å². The van der Waals surface area contributed by atoms with E-state index < -0.39 is 0 Å². The molecule has 0 radical (unpaired) electrons. The monoisotopic (exact) mass is 258 g/mol. The minimum atomic E-state index is 0.530. The molecular weight excluding hydrogens is 234 g/mol. The van der Waals surface area contributed by atoms with E-state index in [1.807, 2.05) is 6.07 Å². The first-order valence-electron chi connectivity index (χ1n) is 7.16. The zero-order valence-electron chi connectivity index (χ0n) is 11.9. The van der Waals surface area contributed by atoms with Gasteiger partial charge in [-0.2, -0.15) is 0 Å². The van der Waals surface area contributed by atoms with Crippen LogP contribution < -0.4 is 5.32 Å². The Labute approximate surface area is 115 Å². The molecule has 1 aromatic heterocycles. The summed E-state index contributed by atoms with van der Waals surface area (Å²) in [6.45, 7) is 6.73. The van der Waals surface area contributed by atoms with E-state index in [1.165, 1.54) is 5.56 Å². The zero-order valence-corrected chi connectivity index (χ0v) is 11.9. The number of hydrogen-bond acceptors (Lipinski definition) is 1. The van der Waals surface area contributed by atoms with Gasteiger partial charge >= 0.3 is 0 Å². The van der Waals surface area contributed by atoms with Gasteiger partial charge in [0.15, 0.2) is 0 Å². The van der Waals surface area contributed by atoms with Crippen LogP contribution in [0.3, 0.4) is 0 Å². The van der Waals surface area contributed by atoms with Crippen molar-refractivity contribution in [2.75, 3.05) is 6.54 Å². The van der Waals surface area contributed by atoms with Gasteiger partial charge in [-0.25, -0.2) is 0 Å². The van der Waals surface area contributed by atoms with E-state index in [9.17, 15) is 0 Å². The largest absolute Gasteiger partial charge is 0.469 e. The number of nitrogens with two attached hydrogens (primary N) is 1. The number of quaternary nitrogens is 1. The van der Waals surface area contributed by atoms with Gasteiger partial charge in [0.05, 0.1) is 12.8 Å². The summed E-state index contributed by atoms with van der Waals surface area (Å²) < 4.78 is 5.56. The average molecular weight is 258 g/mol. The lowest BCUT2D eigenvalue weighted by atomic mass is 9.90. The molecule has 2 rings (SSSR count). The second-order valence-corrected chi connectivity index (χ2v) is 5.42. The third-order valence-corrected chi connectivity index (χ3v) is 3.62. The van der Waals surface area contributed by atoms with Crippen molar-refractivity contribution in [2.24, 2.45) is 5.92 Å². The topological polar surface area (TPSA) is 29.8 Å². The molecule has 102 valence electrons. The maximum Gasteiger partial charge on any atom is 0.107 e. The fraction of sp³-hybridized carbons (Fsp3) is 0.412. The molecule has 0 spiro atoms. The van der Waals surface area contributed by atoms with Gasteiger partial charge < -0.3 is 9.73 Å². The lowest BCUT2D eigenvalue weighted by Crippen LogP contribution is -2.82. The normalized spacial score (nSPS) is 12.8. The highest BCUT2D eigenvalue weighted by Gasteiger charge is 2.18. The summed E-state index contributed by atoms with van der Waals surface area (Å²) in [6.07, 6.45) is 2.94. The third-order valence-electron chi connectivity index (χ3n) is 3.62. The fourth-order valence-electron chi connectivity index (χ4n) is 2.49. The Morgan fingerprint density at radius 2 is 1.84 bits per heavy atom. The van der Waals surface area contributed by atoms with Gasteiger partial charge in [-0.15, -0.1) is 0 Å². The van der Waals surface area contributed by atoms with Crippen LogP contribution in [0.2, 0.25) is 0 Å². The van der Waals surface area contributed by atoms with Crippen molar-refractivity contribution in [3.8, 4) is 0 Å². The van der Waals surface area contributed by atoms with E-state index in [2.05, 4.69) is 55.6 Å². The lowest BCUT2D eigenvalue weighted by Gasteiger charge is -2.17. The molecule has 0 aliphatic heterocycles. The molecule has 2 heteroatoms. The Morgan fingerprint density at radius 3 is 2.47 bits per heavy atom. The molecule has 0 amide bonds. The van der Waals surface area contributed by atoms with Crippen LogP contribution in [0.1, 0.15) is 37.5 Å². The predicted octanol–water partition coefficient (Wildman–Crippen LogP) is 3.17. The Kier molecular flexibility index (Phi) is 5.22. The molecule has 0 saturated heterocycles. The molecule has 0 aliphatic carbocycles. The molecule has 2 aromatic rings. The molecule has 0 bridgehead atoms.